The fraction of sp³-hybridized carbons (Fsp3) is 0.0588. The number of methoxy groups -OCH3 is 1. The molecule has 110 valence electrons. The third-order valence-electron chi connectivity index (χ3n) is 3.28. The zero-order valence-electron chi connectivity index (χ0n) is 11.8. The highest BCUT2D eigenvalue weighted by Crippen LogP contribution is 2.23. The molecule has 22 heavy (non-hydrogen) atoms. The second-order valence-electron chi connectivity index (χ2n) is 4.63. The first-order valence-electron chi connectivity index (χ1n) is 6.65. The Labute approximate surface area is 126 Å². The minimum atomic E-state index is -0.538. The Morgan fingerprint density at radius 3 is 2.64 bits per heavy atom. The summed E-state index contributed by atoms with van der Waals surface area (Å²) in [6.07, 6.45) is 1.18. The van der Waals surface area contributed by atoms with Crippen molar-refractivity contribution >= 4 is 22.6 Å². The van der Waals surface area contributed by atoms with Gasteiger partial charge in [0, 0.05) is 0 Å². The zero-order valence-corrected chi connectivity index (χ0v) is 11.8. The molecule has 0 aliphatic rings. The van der Waals surface area contributed by atoms with Gasteiger partial charge >= 0.3 is 0 Å². The summed E-state index contributed by atoms with van der Waals surface area (Å²) in [4.78, 5) is 24.7. The van der Waals surface area contributed by atoms with Gasteiger partial charge in [0.25, 0.3) is 5.91 Å². The van der Waals surface area contributed by atoms with Gasteiger partial charge in [0.1, 0.15) is 23.2 Å². The lowest BCUT2D eigenvalue weighted by molar-refractivity contribution is 0.102. The van der Waals surface area contributed by atoms with E-state index in [-0.39, 0.29) is 11.0 Å². The summed E-state index contributed by atoms with van der Waals surface area (Å²) >= 11 is 0. The van der Waals surface area contributed by atoms with E-state index in [1.807, 2.05) is 0 Å². The molecule has 0 spiro atoms. The van der Waals surface area contributed by atoms with Crippen molar-refractivity contribution < 1.29 is 13.9 Å². The summed E-state index contributed by atoms with van der Waals surface area (Å²) < 4.78 is 10.5. The second kappa shape index (κ2) is 5.73. The molecule has 5 heteroatoms. The van der Waals surface area contributed by atoms with Crippen molar-refractivity contribution in [2.24, 2.45) is 0 Å². The molecule has 1 heterocycles. The van der Waals surface area contributed by atoms with Crippen LogP contribution in [-0.2, 0) is 0 Å². The van der Waals surface area contributed by atoms with E-state index in [1.165, 1.54) is 13.4 Å². The Bertz CT molecular complexity index is 898. The number of anilines is 1. The predicted octanol–water partition coefficient (Wildman–Crippen LogP) is 3.05. The fourth-order valence-corrected chi connectivity index (χ4v) is 2.17. The minimum absolute atomic E-state index is 0.0513. The van der Waals surface area contributed by atoms with Crippen LogP contribution in [0.4, 0.5) is 5.69 Å². The number of rotatable bonds is 3. The first-order chi connectivity index (χ1) is 10.7. The molecule has 0 saturated carbocycles. The smallest absolute Gasteiger partial charge is 0.262 e. The van der Waals surface area contributed by atoms with E-state index in [0.29, 0.717) is 22.4 Å². The maximum Gasteiger partial charge on any atom is 0.262 e. The lowest BCUT2D eigenvalue weighted by Crippen LogP contribution is -2.21. The maximum atomic E-state index is 12.4. The van der Waals surface area contributed by atoms with Crippen LogP contribution in [0.3, 0.4) is 0 Å². The van der Waals surface area contributed by atoms with E-state index >= 15 is 0 Å². The van der Waals surface area contributed by atoms with Gasteiger partial charge in [-0.15, -0.1) is 0 Å². The third kappa shape index (κ3) is 2.44. The molecule has 0 saturated heterocycles. The number of amides is 1. The first-order valence-corrected chi connectivity index (χ1v) is 6.65. The number of para-hydroxylation sites is 3. The molecule has 0 fully saturated rings. The van der Waals surface area contributed by atoms with Crippen molar-refractivity contribution in [1.82, 2.24) is 0 Å². The summed E-state index contributed by atoms with van der Waals surface area (Å²) in [5, 5.41) is 3.03. The number of carbonyl (C=O) groups excluding carboxylic acids is 1. The van der Waals surface area contributed by atoms with Crippen molar-refractivity contribution in [3.05, 3.63) is 70.6 Å². The lowest BCUT2D eigenvalue weighted by atomic mass is 10.1. The molecule has 3 rings (SSSR count). The molecule has 2 aromatic carbocycles. The number of fused-ring (bicyclic) bond motifs is 1. The molecule has 1 amide bonds. The van der Waals surface area contributed by atoms with Crippen molar-refractivity contribution in [2.75, 3.05) is 12.4 Å². The van der Waals surface area contributed by atoms with Gasteiger partial charge in [-0.05, 0) is 24.3 Å². The standard InChI is InChI=1S/C17H13NO4/c1-21-15-9-5-3-7-13(15)18-17(20)12-10-22-14-8-4-2-6-11(14)16(12)19/h2-10H,1H3,(H,18,20). The Balaban J connectivity index is 1.99. The van der Waals surface area contributed by atoms with Crippen LogP contribution in [0.5, 0.6) is 5.75 Å². The molecule has 0 unspecified atom stereocenters. The topological polar surface area (TPSA) is 68.5 Å². The van der Waals surface area contributed by atoms with Gasteiger partial charge < -0.3 is 14.5 Å². The molecular weight excluding hydrogens is 282 g/mol. The monoisotopic (exact) mass is 295 g/mol. The van der Waals surface area contributed by atoms with Crippen LogP contribution < -0.4 is 15.5 Å². The van der Waals surface area contributed by atoms with Crippen LogP contribution in [0, 0.1) is 0 Å². The fourth-order valence-electron chi connectivity index (χ4n) is 2.17. The van der Waals surface area contributed by atoms with Gasteiger partial charge in [0.05, 0.1) is 18.2 Å². The SMILES string of the molecule is COc1ccccc1NC(=O)c1coc2ccccc2c1=O. The van der Waals surface area contributed by atoms with E-state index in [0.717, 1.165) is 0 Å². The lowest BCUT2D eigenvalue weighted by Gasteiger charge is -2.09. The molecule has 1 aromatic heterocycles. The Hall–Kier alpha value is -3.08. The molecule has 0 aliphatic carbocycles. The van der Waals surface area contributed by atoms with E-state index < -0.39 is 5.91 Å². The van der Waals surface area contributed by atoms with E-state index in [9.17, 15) is 9.59 Å². The predicted molar refractivity (Wildman–Crippen MR) is 83.4 cm³/mol. The average molecular weight is 295 g/mol. The molecule has 3 aromatic rings. The maximum absolute atomic E-state index is 12.4. The molecule has 0 aliphatic heterocycles. The molecule has 0 radical (unpaired) electrons. The summed E-state index contributed by atoms with van der Waals surface area (Å²) in [5.41, 5.74) is 0.516. The summed E-state index contributed by atoms with van der Waals surface area (Å²) in [5.74, 6) is -0.0231. The van der Waals surface area contributed by atoms with Gasteiger partial charge in [-0.1, -0.05) is 24.3 Å². The van der Waals surface area contributed by atoms with Gasteiger partial charge in [0.15, 0.2) is 0 Å². The molecule has 5 nitrogen and oxygen atoms in total. The van der Waals surface area contributed by atoms with E-state index in [1.54, 1.807) is 48.5 Å². The quantitative estimate of drug-likeness (QED) is 0.806. The molecular formula is C17H13NO4. The van der Waals surface area contributed by atoms with Crippen molar-refractivity contribution in [3.63, 3.8) is 0 Å². The highest BCUT2D eigenvalue weighted by molar-refractivity contribution is 6.06. The number of hydrogen-bond donors (Lipinski definition) is 1. The second-order valence-corrected chi connectivity index (χ2v) is 4.63. The highest BCUT2D eigenvalue weighted by atomic mass is 16.5. The number of carbonyl (C=O) groups is 1. The number of nitrogens with one attached hydrogen (secondary N) is 1. The number of benzene rings is 2. The number of hydrogen-bond acceptors (Lipinski definition) is 4. The highest BCUT2D eigenvalue weighted by Gasteiger charge is 2.15. The zero-order chi connectivity index (χ0) is 15.5. The summed E-state index contributed by atoms with van der Waals surface area (Å²) in [6.45, 7) is 0. The van der Waals surface area contributed by atoms with Gasteiger partial charge in [-0.2, -0.15) is 0 Å². The van der Waals surface area contributed by atoms with Crippen LogP contribution >= 0.6 is 0 Å². The Morgan fingerprint density at radius 2 is 1.82 bits per heavy atom. The molecule has 1 N–H and O–H groups in total. The van der Waals surface area contributed by atoms with Gasteiger partial charge in [-0.25, -0.2) is 0 Å². The van der Waals surface area contributed by atoms with Crippen LogP contribution in [-0.4, -0.2) is 13.0 Å². The first kappa shape index (κ1) is 13.9. The van der Waals surface area contributed by atoms with Gasteiger partial charge in [0.2, 0.25) is 5.43 Å². The van der Waals surface area contributed by atoms with E-state index in [4.69, 9.17) is 9.15 Å². The van der Waals surface area contributed by atoms with E-state index in [2.05, 4.69) is 5.32 Å². The largest absolute Gasteiger partial charge is 0.495 e. The number of ether oxygens (including phenoxy) is 1. The minimum Gasteiger partial charge on any atom is -0.495 e. The molecule has 0 atom stereocenters. The third-order valence-corrected chi connectivity index (χ3v) is 3.28. The van der Waals surface area contributed by atoms with Gasteiger partial charge in [-0.3, -0.25) is 9.59 Å². The Morgan fingerprint density at radius 1 is 1.09 bits per heavy atom. The van der Waals surface area contributed by atoms with Crippen LogP contribution in [0.25, 0.3) is 11.0 Å². The average Bonchev–Trinajstić information content (AvgIpc) is 2.56. The van der Waals surface area contributed by atoms with Crippen molar-refractivity contribution in [2.45, 2.75) is 0 Å². The normalized spacial score (nSPS) is 10.4. The van der Waals surface area contributed by atoms with Crippen LogP contribution in [0.15, 0.2) is 64.0 Å². The van der Waals surface area contributed by atoms with Crippen LogP contribution in [0.2, 0.25) is 0 Å². The molecule has 0 bridgehead atoms. The van der Waals surface area contributed by atoms with Crippen molar-refractivity contribution in [3.8, 4) is 5.75 Å². The van der Waals surface area contributed by atoms with Crippen LogP contribution in [0.1, 0.15) is 10.4 Å². The van der Waals surface area contributed by atoms with Crippen molar-refractivity contribution in [1.29, 1.82) is 0 Å². The summed E-state index contributed by atoms with van der Waals surface area (Å²) in [7, 11) is 1.51. The Kier molecular flexibility index (Phi) is 3.62. The summed E-state index contributed by atoms with van der Waals surface area (Å²) in [6, 6.07) is 13.8.